The van der Waals surface area contributed by atoms with Gasteiger partial charge in [0.05, 0.1) is 10.6 Å². The van der Waals surface area contributed by atoms with E-state index in [4.69, 9.17) is 0 Å². The molecule has 0 amide bonds. The van der Waals surface area contributed by atoms with Gasteiger partial charge in [-0.2, -0.15) is 0 Å². The summed E-state index contributed by atoms with van der Waals surface area (Å²) in [6.07, 6.45) is 1.33. The zero-order chi connectivity index (χ0) is 22.0. The van der Waals surface area contributed by atoms with Crippen molar-refractivity contribution in [3.8, 4) is 0 Å². The van der Waals surface area contributed by atoms with Crippen LogP contribution in [0.3, 0.4) is 0 Å². The number of benzene rings is 2. The minimum absolute atomic E-state index is 0.148. The first kappa shape index (κ1) is 20.5. The molecule has 0 spiro atoms. The molecule has 1 N–H and O–H groups in total. The lowest BCUT2D eigenvalue weighted by atomic mass is 10.1. The third-order valence-electron chi connectivity index (χ3n) is 5.53. The number of rotatable bonds is 5. The molecule has 4 rings (SSSR count). The number of halogens is 1. The van der Waals surface area contributed by atoms with E-state index in [2.05, 4.69) is 15.3 Å². The Hall–Kier alpha value is -3.75. The summed E-state index contributed by atoms with van der Waals surface area (Å²) in [5.41, 5.74) is 3.30. The lowest BCUT2D eigenvalue weighted by molar-refractivity contribution is -0.383. The molecular formula is C22H23FN6O2. The molecule has 160 valence electrons. The minimum Gasteiger partial charge on any atom is -0.366 e. The van der Waals surface area contributed by atoms with E-state index in [-0.39, 0.29) is 23.1 Å². The van der Waals surface area contributed by atoms with E-state index in [0.29, 0.717) is 31.9 Å². The first-order valence-electron chi connectivity index (χ1n) is 10.0. The summed E-state index contributed by atoms with van der Waals surface area (Å²) >= 11 is 0. The molecule has 2 aromatic carbocycles. The summed E-state index contributed by atoms with van der Waals surface area (Å²) in [5.74, 6) is 0.137. The van der Waals surface area contributed by atoms with Crippen molar-refractivity contribution in [3.05, 3.63) is 75.9 Å². The van der Waals surface area contributed by atoms with Crippen LogP contribution in [0, 0.1) is 29.8 Å². The van der Waals surface area contributed by atoms with Gasteiger partial charge in [0.15, 0.2) is 0 Å². The number of aromatic nitrogens is 2. The average Bonchev–Trinajstić information content (AvgIpc) is 2.76. The lowest BCUT2D eigenvalue weighted by Crippen LogP contribution is -2.47. The highest BCUT2D eigenvalue weighted by atomic mass is 19.1. The van der Waals surface area contributed by atoms with Crippen molar-refractivity contribution in [1.29, 1.82) is 0 Å². The van der Waals surface area contributed by atoms with Crippen LogP contribution < -0.4 is 15.1 Å². The van der Waals surface area contributed by atoms with E-state index in [0.717, 1.165) is 16.8 Å². The fourth-order valence-corrected chi connectivity index (χ4v) is 3.68. The Morgan fingerprint density at radius 2 is 1.71 bits per heavy atom. The van der Waals surface area contributed by atoms with E-state index in [1.807, 2.05) is 41.8 Å². The highest BCUT2D eigenvalue weighted by Crippen LogP contribution is 2.34. The Labute approximate surface area is 179 Å². The molecule has 2 heterocycles. The predicted octanol–water partition coefficient (Wildman–Crippen LogP) is 4.21. The molecule has 8 nitrogen and oxygen atoms in total. The third-order valence-corrected chi connectivity index (χ3v) is 5.53. The zero-order valence-electron chi connectivity index (χ0n) is 17.4. The quantitative estimate of drug-likeness (QED) is 0.487. The van der Waals surface area contributed by atoms with Crippen LogP contribution in [0.1, 0.15) is 11.1 Å². The van der Waals surface area contributed by atoms with Gasteiger partial charge in [-0.25, -0.2) is 14.4 Å². The first-order chi connectivity index (χ1) is 14.9. The molecule has 1 saturated heterocycles. The normalized spacial score (nSPS) is 13.9. The maximum absolute atomic E-state index is 14.1. The van der Waals surface area contributed by atoms with E-state index < -0.39 is 4.92 Å². The molecule has 0 unspecified atom stereocenters. The number of para-hydroxylation sites is 1. The van der Waals surface area contributed by atoms with Gasteiger partial charge in [0, 0.05) is 31.9 Å². The van der Waals surface area contributed by atoms with Crippen LogP contribution in [0.4, 0.5) is 33.1 Å². The standard InChI is InChI=1S/C22H23FN6O2/c1-15-7-8-17(13-16(15)2)26-21-20(29(30)31)22(25-14-24-21)28-11-9-27(10-12-28)19-6-4-3-5-18(19)23/h3-8,13-14H,9-12H2,1-2H3,(H,24,25,26). The molecule has 9 heteroatoms. The third kappa shape index (κ3) is 4.25. The van der Waals surface area contributed by atoms with Crippen molar-refractivity contribution in [1.82, 2.24) is 9.97 Å². The molecule has 0 saturated carbocycles. The van der Waals surface area contributed by atoms with Crippen LogP contribution >= 0.6 is 0 Å². The van der Waals surface area contributed by atoms with E-state index >= 15 is 0 Å². The average molecular weight is 422 g/mol. The molecule has 0 bridgehead atoms. The number of piperazine rings is 1. The van der Waals surface area contributed by atoms with Crippen molar-refractivity contribution >= 4 is 28.7 Å². The topological polar surface area (TPSA) is 87.4 Å². The highest BCUT2D eigenvalue weighted by molar-refractivity contribution is 5.75. The van der Waals surface area contributed by atoms with E-state index in [9.17, 15) is 14.5 Å². The molecule has 1 aliphatic rings. The summed E-state index contributed by atoms with van der Waals surface area (Å²) in [4.78, 5) is 23.6. The summed E-state index contributed by atoms with van der Waals surface area (Å²) in [6.45, 7) is 6.01. The summed E-state index contributed by atoms with van der Waals surface area (Å²) in [7, 11) is 0. The Morgan fingerprint density at radius 1 is 1.00 bits per heavy atom. The smallest absolute Gasteiger partial charge is 0.353 e. The lowest BCUT2D eigenvalue weighted by Gasteiger charge is -2.36. The largest absolute Gasteiger partial charge is 0.366 e. The molecule has 0 radical (unpaired) electrons. The van der Waals surface area contributed by atoms with E-state index in [1.165, 1.54) is 12.4 Å². The zero-order valence-corrected chi connectivity index (χ0v) is 17.4. The second kappa shape index (κ2) is 8.55. The van der Waals surface area contributed by atoms with Crippen molar-refractivity contribution in [3.63, 3.8) is 0 Å². The first-order valence-corrected chi connectivity index (χ1v) is 10.0. The summed E-state index contributed by atoms with van der Waals surface area (Å²) < 4.78 is 14.1. The van der Waals surface area contributed by atoms with Gasteiger partial charge in [-0.1, -0.05) is 18.2 Å². The van der Waals surface area contributed by atoms with Gasteiger partial charge in [-0.3, -0.25) is 10.1 Å². The van der Waals surface area contributed by atoms with Crippen molar-refractivity contribution < 1.29 is 9.31 Å². The number of nitrogens with one attached hydrogen (secondary N) is 1. The van der Waals surface area contributed by atoms with Gasteiger partial charge in [-0.05, 0) is 49.2 Å². The van der Waals surface area contributed by atoms with Gasteiger partial charge in [-0.15, -0.1) is 0 Å². The van der Waals surface area contributed by atoms with Crippen molar-refractivity contribution in [2.75, 3.05) is 41.3 Å². The van der Waals surface area contributed by atoms with Gasteiger partial charge >= 0.3 is 5.69 Å². The second-order valence-electron chi connectivity index (χ2n) is 7.50. The second-order valence-corrected chi connectivity index (χ2v) is 7.50. The number of aryl methyl sites for hydroxylation is 2. The van der Waals surface area contributed by atoms with Gasteiger partial charge < -0.3 is 15.1 Å². The number of nitrogens with zero attached hydrogens (tertiary/aromatic N) is 5. The fraction of sp³-hybridized carbons (Fsp3) is 0.273. The van der Waals surface area contributed by atoms with Crippen LogP contribution in [-0.4, -0.2) is 41.1 Å². The molecule has 1 aromatic heterocycles. The van der Waals surface area contributed by atoms with Crippen LogP contribution in [0.5, 0.6) is 0 Å². The number of nitro groups is 1. The fourth-order valence-electron chi connectivity index (χ4n) is 3.68. The summed E-state index contributed by atoms with van der Waals surface area (Å²) in [6, 6.07) is 12.4. The molecule has 0 atom stereocenters. The van der Waals surface area contributed by atoms with Gasteiger partial charge in [0.1, 0.15) is 12.1 Å². The van der Waals surface area contributed by atoms with Crippen LogP contribution in [-0.2, 0) is 0 Å². The molecule has 1 fully saturated rings. The SMILES string of the molecule is Cc1ccc(Nc2ncnc(N3CCN(c4ccccc4F)CC3)c2[N+](=O)[O-])cc1C. The van der Waals surface area contributed by atoms with Crippen molar-refractivity contribution in [2.24, 2.45) is 0 Å². The van der Waals surface area contributed by atoms with Gasteiger partial charge in [0.25, 0.3) is 0 Å². The van der Waals surface area contributed by atoms with Gasteiger partial charge in [0.2, 0.25) is 11.6 Å². The van der Waals surface area contributed by atoms with E-state index in [1.54, 1.807) is 18.2 Å². The number of hydrogen-bond donors (Lipinski definition) is 1. The van der Waals surface area contributed by atoms with Crippen LogP contribution in [0.2, 0.25) is 0 Å². The Morgan fingerprint density at radius 3 is 2.39 bits per heavy atom. The minimum atomic E-state index is -0.456. The molecular weight excluding hydrogens is 399 g/mol. The Bertz CT molecular complexity index is 1110. The maximum atomic E-state index is 14.1. The predicted molar refractivity (Wildman–Crippen MR) is 119 cm³/mol. The molecule has 0 aliphatic carbocycles. The monoisotopic (exact) mass is 422 g/mol. The maximum Gasteiger partial charge on any atom is 0.353 e. The Kier molecular flexibility index (Phi) is 5.66. The molecule has 3 aromatic rings. The highest BCUT2D eigenvalue weighted by Gasteiger charge is 2.30. The molecule has 1 aliphatic heterocycles. The van der Waals surface area contributed by atoms with Crippen LogP contribution in [0.25, 0.3) is 0 Å². The number of hydrogen-bond acceptors (Lipinski definition) is 7. The van der Waals surface area contributed by atoms with Crippen molar-refractivity contribution in [2.45, 2.75) is 13.8 Å². The summed E-state index contributed by atoms with van der Waals surface area (Å²) in [5, 5.41) is 15.0. The van der Waals surface area contributed by atoms with Crippen LogP contribution in [0.15, 0.2) is 48.8 Å². The molecule has 31 heavy (non-hydrogen) atoms. The number of anilines is 4. The Balaban J connectivity index is 1.58.